The van der Waals surface area contributed by atoms with Crippen molar-refractivity contribution in [3.63, 3.8) is 0 Å². The Labute approximate surface area is 227 Å². The summed E-state index contributed by atoms with van der Waals surface area (Å²) < 4.78 is 12.5. The van der Waals surface area contributed by atoms with Crippen LogP contribution in [0.15, 0.2) is 93.8 Å². The summed E-state index contributed by atoms with van der Waals surface area (Å²) in [5.74, 6) is 0.818. The van der Waals surface area contributed by atoms with E-state index in [9.17, 15) is 4.79 Å². The molecule has 6 aromatic rings. The van der Waals surface area contributed by atoms with Crippen LogP contribution in [0.2, 0.25) is 0 Å². The Bertz CT molecular complexity index is 1820. The second-order valence-corrected chi connectivity index (χ2v) is 10.1. The van der Waals surface area contributed by atoms with Crippen LogP contribution in [-0.2, 0) is 11.2 Å². The number of hydrogen-bond donors (Lipinski definition) is 1. The number of carbonyl (C=O) groups is 1. The molecular formula is C35H31NO3. The number of fused-ring (bicyclic) bond motifs is 4. The minimum atomic E-state index is -0.0683. The Balaban J connectivity index is 1.32. The highest BCUT2D eigenvalue weighted by atomic mass is 16.3. The van der Waals surface area contributed by atoms with Gasteiger partial charge in [-0.05, 0) is 65.9 Å². The summed E-state index contributed by atoms with van der Waals surface area (Å²) in [5, 5.41) is 6.03. The second-order valence-electron chi connectivity index (χ2n) is 10.1. The van der Waals surface area contributed by atoms with E-state index in [4.69, 9.17) is 8.83 Å². The maximum absolute atomic E-state index is 11.3. The van der Waals surface area contributed by atoms with Crippen LogP contribution < -0.4 is 5.32 Å². The monoisotopic (exact) mass is 513 g/mol. The van der Waals surface area contributed by atoms with E-state index in [2.05, 4.69) is 66.9 Å². The van der Waals surface area contributed by atoms with Crippen molar-refractivity contribution in [3.05, 3.63) is 102 Å². The van der Waals surface area contributed by atoms with Gasteiger partial charge in [-0.3, -0.25) is 4.79 Å². The molecule has 6 rings (SSSR count). The number of rotatable bonds is 8. The lowest BCUT2D eigenvalue weighted by atomic mass is 9.96. The Morgan fingerprint density at radius 1 is 0.769 bits per heavy atom. The number of unbranched alkanes of at least 4 members (excludes halogenated alkanes) is 2. The van der Waals surface area contributed by atoms with Crippen LogP contribution in [0.25, 0.3) is 56.4 Å². The standard InChI is InChI=1S/C35H31NO3/c1-3-4-5-8-26-19-25(12-11-24-13-16-28(17-14-24)36-23(2)37)15-18-29(26)34-20-27-21-35-31(22-33(27)39-34)30-9-6-7-10-32(30)38-35/h6-7,9-22H,3-5,8H2,1-2H3,(H,36,37). The van der Waals surface area contributed by atoms with Gasteiger partial charge in [0.05, 0.1) is 0 Å². The third-order valence-electron chi connectivity index (χ3n) is 7.16. The number of amides is 1. The molecule has 4 nitrogen and oxygen atoms in total. The zero-order chi connectivity index (χ0) is 26.8. The summed E-state index contributed by atoms with van der Waals surface area (Å²) in [6, 6.07) is 28.9. The fraction of sp³-hybridized carbons (Fsp3) is 0.171. The van der Waals surface area contributed by atoms with E-state index < -0.39 is 0 Å². The summed E-state index contributed by atoms with van der Waals surface area (Å²) in [7, 11) is 0. The lowest BCUT2D eigenvalue weighted by molar-refractivity contribution is -0.114. The van der Waals surface area contributed by atoms with Crippen molar-refractivity contribution >= 4 is 56.7 Å². The molecule has 2 heterocycles. The lowest BCUT2D eigenvalue weighted by Crippen LogP contribution is -2.05. The minimum Gasteiger partial charge on any atom is -0.456 e. The van der Waals surface area contributed by atoms with Gasteiger partial charge in [-0.15, -0.1) is 0 Å². The van der Waals surface area contributed by atoms with Crippen LogP contribution in [0.4, 0.5) is 5.69 Å². The number of furan rings is 2. The van der Waals surface area contributed by atoms with E-state index in [1.54, 1.807) is 0 Å². The second kappa shape index (κ2) is 10.7. The first kappa shape index (κ1) is 24.7. The normalized spacial score (nSPS) is 11.7. The maximum atomic E-state index is 11.3. The molecule has 0 saturated carbocycles. The SMILES string of the molecule is CCCCCc1cc(C=Cc2ccc(NC(C)=O)cc2)ccc1-c1cc2cc3oc4ccccc4c3cc2o1. The number of hydrogen-bond acceptors (Lipinski definition) is 3. The molecule has 2 aromatic heterocycles. The highest BCUT2D eigenvalue weighted by Crippen LogP contribution is 2.37. The smallest absolute Gasteiger partial charge is 0.221 e. The van der Waals surface area contributed by atoms with Crippen LogP contribution in [0.1, 0.15) is 49.8 Å². The number of anilines is 1. The minimum absolute atomic E-state index is 0.0683. The van der Waals surface area contributed by atoms with Gasteiger partial charge in [-0.1, -0.05) is 80.4 Å². The average molecular weight is 514 g/mol. The molecule has 0 atom stereocenters. The first-order valence-corrected chi connectivity index (χ1v) is 13.6. The lowest BCUT2D eigenvalue weighted by Gasteiger charge is -2.09. The molecule has 0 aliphatic carbocycles. The summed E-state index contributed by atoms with van der Waals surface area (Å²) >= 11 is 0. The van der Waals surface area contributed by atoms with Crippen LogP contribution in [-0.4, -0.2) is 5.91 Å². The van der Waals surface area contributed by atoms with Crippen molar-refractivity contribution in [3.8, 4) is 11.3 Å². The van der Waals surface area contributed by atoms with Gasteiger partial charge in [0.25, 0.3) is 0 Å². The molecular weight excluding hydrogens is 482 g/mol. The van der Waals surface area contributed by atoms with E-state index in [0.29, 0.717) is 0 Å². The van der Waals surface area contributed by atoms with Gasteiger partial charge < -0.3 is 14.2 Å². The van der Waals surface area contributed by atoms with Gasteiger partial charge >= 0.3 is 0 Å². The molecule has 194 valence electrons. The summed E-state index contributed by atoms with van der Waals surface area (Å²) in [6.07, 6.45) is 8.76. The van der Waals surface area contributed by atoms with Gasteiger partial charge in [0.1, 0.15) is 22.5 Å². The quantitative estimate of drug-likeness (QED) is 0.163. The first-order chi connectivity index (χ1) is 19.1. The molecule has 39 heavy (non-hydrogen) atoms. The largest absolute Gasteiger partial charge is 0.456 e. The zero-order valence-corrected chi connectivity index (χ0v) is 22.3. The molecule has 0 aliphatic heterocycles. The summed E-state index contributed by atoms with van der Waals surface area (Å²) in [5.41, 5.74) is 8.10. The molecule has 0 fully saturated rings. The summed E-state index contributed by atoms with van der Waals surface area (Å²) in [6.45, 7) is 3.75. The first-order valence-electron chi connectivity index (χ1n) is 13.6. The molecule has 4 heteroatoms. The molecule has 0 unspecified atom stereocenters. The molecule has 4 aromatic carbocycles. The van der Waals surface area contributed by atoms with Crippen molar-refractivity contribution in [1.82, 2.24) is 0 Å². The number of benzene rings is 4. The van der Waals surface area contributed by atoms with Gasteiger partial charge in [0, 0.05) is 34.3 Å². The average Bonchev–Trinajstić information content (AvgIpc) is 3.51. The van der Waals surface area contributed by atoms with E-state index in [1.165, 1.54) is 25.3 Å². The molecule has 1 N–H and O–H groups in total. The fourth-order valence-electron chi connectivity index (χ4n) is 5.19. The molecule has 1 amide bonds. The predicted octanol–water partition coefficient (Wildman–Crippen LogP) is 9.86. The van der Waals surface area contributed by atoms with Crippen LogP contribution in [0.3, 0.4) is 0 Å². The Morgan fingerprint density at radius 3 is 2.38 bits per heavy atom. The maximum Gasteiger partial charge on any atom is 0.221 e. The van der Waals surface area contributed by atoms with Crippen LogP contribution in [0, 0.1) is 0 Å². The van der Waals surface area contributed by atoms with Gasteiger partial charge in [-0.25, -0.2) is 0 Å². The van der Waals surface area contributed by atoms with Gasteiger partial charge in [-0.2, -0.15) is 0 Å². The Hall–Kier alpha value is -4.57. The Morgan fingerprint density at radius 2 is 1.56 bits per heavy atom. The molecule has 0 aliphatic rings. The Kier molecular flexibility index (Phi) is 6.76. The van der Waals surface area contributed by atoms with Crippen molar-refractivity contribution < 1.29 is 13.6 Å². The number of carbonyl (C=O) groups excluding carboxylic acids is 1. The third kappa shape index (κ3) is 5.23. The van der Waals surface area contributed by atoms with E-state index in [0.717, 1.165) is 73.9 Å². The van der Waals surface area contributed by atoms with Crippen molar-refractivity contribution in [1.29, 1.82) is 0 Å². The van der Waals surface area contributed by atoms with E-state index in [-0.39, 0.29) is 5.91 Å². The predicted molar refractivity (Wildman–Crippen MR) is 162 cm³/mol. The number of nitrogens with one attached hydrogen (secondary N) is 1. The molecule has 0 saturated heterocycles. The topological polar surface area (TPSA) is 55.4 Å². The molecule has 0 bridgehead atoms. The molecule has 0 radical (unpaired) electrons. The third-order valence-corrected chi connectivity index (χ3v) is 7.16. The van der Waals surface area contributed by atoms with E-state index >= 15 is 0 Å². The van der Waals surface area contributed by atoms with Crippen molar-refractivity contribution in [2.75, 3.05) is 5.32 Å². The van der Waals surface area contributed by atoms with E-state index in [1.807, 2.05) is 42.5 Å². The number of para-hydroxylation sites is 1. The zero-order valence-electron chi connectivity index (χ0n) is 22.3. The highest BCUT2D eigenvalue weighted by molar-refractivity contribution is 6.09. The van der Waals surface area contributed by atoms with Crippen molar-refractivity contribution in [2.24, 2.45) is 0 Å². The summed E-state index contributed by atoms with van der Waals surface area (Å²) in [4.78, 5) is 11.3. The highest BCUT2D eigenvalue weighted by Gasteiger charge is 2.14. The van der Waals surface area contributed by atoms with Gasteiger partial charge in [0.2, 0.25) is 5.91 Å². The van der Waals surface area contributed by atoms with Gasteiger partial charge in [0.15, 0.2) is 0 Å². The molecule has 0 spiro atoms. The fourth-order valence-corrected chi connectivity index (χ4v) is 5.19. The van der Waals surface area contributed by atoms with Crippen molar-refractivity contribution in [2.45, 2.75) is 39.5 Å². The van der Waals surface area contributed by atoms with Crippen LogP contribution >= 0.6 is 0 Å². The van der Waals surface area contributed by atoms with Crippen LogP contribution in [0.5, 0.6) is 0 Å². The number of aryl methyl sites for hydroxylation is 1.